The number of amides is 13. The van der Waals surface area contributed by atoms with E-state index in [-0.39, 0.29) is 95.2 Å². The molecule has 0 spiro atoms. The van der Waals surface area contributed by atoms with Crippen molar-refractivity contribution >= 4 is 106 Å². The van der Waals surface area contributed by atoms with Crippen molar-refractivity contribution in [2.75, 3.05) is 32.7 Å². The number of aromatic nitrogens is 3. The number of rotatable bonds is 53. The number of aromatic hydroxyl groups is 1. The van der Waals surface area contributed by atoms with E-state index in [4.69, 9.17) is 39.5 Å². The van der Waals surface area contributed by atoms with Crippen LogP contribution in [0, 0.1) is 16.7 Å². The van der Waals surface area contributed by atoms with Crippen molar-refractivity contribution in [3.05, 3.63) is 156 Å². The van der Waals surface area contributed by atoms with Gasteiger partial charge in [0.2, 0.25) is 76.8 Å². The fraction of sp³-hybridized carbons (Fsp3) is 0.444. The van der Waals surface area contributed by atoms with Gasteiger partial charge >= 0.3 is 5.97 Å². The lowest BCUT2D eigenvalue weighted by Gasteiger charge is -2.28. The van der Waals surface area contributed by atoms with E-state index < -0.39 is 187 Å². The standard InChI is InChI=1S/C81H114N24O16/c1-4-5-24-56(99-79(121)68(46(2)3)105-78(120)61(37-49-28-30-52(106)31-29-49)100-69(111)54(83)23-14-15-32-82)70(112)94-44-66(108)96-63(39-51-42-89-45-95-51)76(118)102-60(36-48-20-10-7-11-21-48)74(116)97-58(27-17-34-91-81(87)88)73(115)103-62(38-50-41-92-55-25-13-12-22-53(50)55)75(117)104-64(40-67(109)110)77(119)98-57(26-16-33-90-80(85)86)72(114)101-59(71(113)93-43-65(84)107)35-47-18-8-6-9-19-47/h6-13,18-22,25,28-31,41-42,45-46,54,56-64,68,92,106H,4-5,14-17,23-24,26-27,32-40,43-44,82-83H2,1-3H3,(H2,84,107)(H,89,95)(H,93,113)(H,94,112)(H,96,108)(H,97,116)(H,98,119)(H,99,121)(H,100,111)(H,101,114)(H,102,118)(H,103,115)(H,104,117)(H,105,120)(H,109,110)(H4,85,86,90)(H4,87,88,91)/t54-,56-,57-,58-,59-,60+,61-,62-,63-,64-,68-/m0/s1. The molecule has 0 aliphatic heterocycles. The molecule has 0 fully saturated rings. The van der Waals surface area contributed by atoms with Gasteiger partial charge in [-0.25, -0.2) is 4.98 Å². The number of carbonyl (C=O) groups excluding carboxylic acids is 13. The Balaban J connectivity index is 1.25. The molecule has 0 saturated carbocycles. The molecule has 0 aliphatic carbocycles. The molecule has 6 rings (SSSR count). The van der Waals surface area contributed by atoms with Crippen molar-refractivity contribution in [2.45, 2.75) is 190 Å². The molecule has 0 radical (unpaired) electrons. The van der Waals surface area contributed by atoms with Gasteiger partial charge in [-0.2, -0.15) is 0 Å². The van der Waals surface area contributed by atoms with Crippen molar-refractivity contribution in [1.82, 2.24) is 89.4 Å². The Kier molecular flexibility index (Phi) is 40.0. The first kappa shape index (κ1) is 96.3. The Bertz CT molecular complexity index is 4460. The second-order valence-electron chi connectivity index (χ2n) is 29.4. The maximum atomic E-state index is 15.2. The Morgan fingerprint density at radius 2 is 0.884 bits per heavy atom. The van der Waals surface area contributed by atoms with Crippen molar-refractivity contribution in [3.63, 3.8) is 0 Å². The molecule has 0 bridgehead atoms. The van der Waals surface area contributed by atoms with Crippen LogP contribution >= 0.6 is 0 Å². The van der Waals surface area contributed by atoms with Crippen molar-refractivity contribution in [2.24, 2.45) is 34.6 Å². The highest BCUT2D eigenvalue weighted by molar-refractivity contribution is 6.01. The summed E-state index contributed by atoms with van der Waals surface area (Å²) in [6, 6.07) is 13.4. The van der Waals surface area contributed by atoms with Gasteiger partial charge in [-0.3, -0.25) is 77.9 Å². The number of carboxylic acid groups (broad SMARTS) is 1. The van der Waals surface area contributed by atoms with E-state index in [2.05, 4.69) is 89.4 Å². The van der Waals surface area contributed by atoms with Crippen LogP contribution in [0.1, 0.15) is 119 Å². The van der Waals surface area contributed by atoms with E-state index >= 15 is 14.4 Å². The van der Waals surface area contributed by atoms with E-state index in [1.54, 1.807) is 117 Å². The SMILES string of the molecule is CCCC[C@H](NC(=O)[C@@H](NC(=O)[C@H](Cc1ccc(O)cc1)NC(=O)[C@@H](N)CCCCN)C(C)C)C(=O)NCC(=O)N[C@@H](Cc1c[nH]cn1)C(=O)N[C@H](Cc1ccccc1)C(=O)N[C@@H](CCCNC(=N)N)C(=O)N[C@@H](Cc1c[nH]c2ccccc12)C(=O)N[C@@H](CC(=O)O)C(=O)N[C@@H](CCCNC(=N)N)C(=O)N[C@@H](Cc1ccccc1)C(=O)NCC(N)=O. The van der Waals surface area contributed by atoms with E-state index in [0.29, 0.717) is 65.4 Å². The van der Waals surface area contributed by atoms with Gasteiger partial charge in [0.05, 0.1) is 37.6 Å². The van der Waals surface area contributed by atoms with Gasteiger partial charge in [-0.15, -0.1) is 0 Å². The molecule has 40 nitrogen and oxygen atoms in total. The highest BCUT2D eigenvalue weighted by atomic mass is 16.4. The maximum Gasteiger partial charge on any atom is 0.305 e. The summed E-state index contributed by atoms with van der Waals surface area (Å²) in [5.74, 6) is -15.0. The summed E-state index contributed by atoms with van der Waals surface area (Å²) in [5.41, 5.74) is 31.2. The van der Waals surface area contributed by atoms with E-state index in [0.717, 1.165) is 0 Å². The van der Waals surface area contributed by atoms with Gasteiger partial charge < -0.3 is 123 Å². The molecular weight excluding hydrogens is 1570 g/mol. The number of nitrogens with zero attached hydrogens (tertiary/aromatic N) is 1. The highest BCUT2D eigenvalue weighted by Gasteiger charge is 2.38. The molecule has 121 heavy (non-hydrogen) atoms. The quantitative estimate of drug-likeness (QED) is 0.0103. The van der Waals surface area contributed by atoms with Crippen molar-refractivity contribution < 1.29 is 77.3 Å². The fourth-order valence-corrected chi connectivity index (χ4v) is 12.8. The second kappa shape index (κ2) is 50.3. The zero-order valence-corrected chi connectivity index (χ0v) is 67.8. The van der Waals surface area contributed by atoms with Gasteiger partial charge in [0, 0.05) is 68.5 Å². The summed E-state index contributed by atoms with van der Waals surface area (Å²) in [7, 11) is 0. The number of nitrogens with one attached hydrogen (secondary N) is 18. The molecule has 30 N–H and O–H groups in total. The van der Waals surface area contributed by atoms with Crippen LogP contribution in [-0.4, -0.2) is 219 Å². The molecule has 0 aliphatic rings. The third kappa shape index (κ3) is 34.1. The van der Waals surface area contributed by atoms with Crippen molar-refractivity contribution in [3.8, 4) is 5.75 Å². The van der Waals surface area contributed by atoms with Crippen LogP contribution < -0.4 is 103 Å². The van der Waals surface area contributed by atoms with Crippen LogP contribution in [0.15, 0.2) is 128 Å². The lowest BCUT2D eigenvalue weighted by atomic mass is 9.99. The predicted molar refractivity (Wildman–Crippen MR) is 447 cm³/mol. The number of para-hydroxylation sites is 1. The normalized spacial score (nSPS) is 13.8. The summed E-state index contributed by atoms with van der Waals surface area (Å²) in [5, 5.41) is 72.8. The van der Waals surface area contributed by atoms with Crippen LogP contribution in [0.5, 0.6) is 5.75 Å². The minimum absolute atomic E-state index is 0.00489. The topological polar surface area (TPSA) is 670 Å². The lowest BCUT2D eigenvalue weighted by molar-refractivity contribution is -0.141. The van der Waals surface area contributed by atoms with E-state index in [1.165, 1.54) is 24.7 Å². The van der Waals surface area contributed by atoms with E-state index in [1.807, 2.05) is 6.92 Å². The molecule has 11 atom stereocenters. The van der Waals surface area contributed by atoms with Gasteiger partial charge in [0.15, 0.2) is 11.9 Å². The summed E-state index contributed by atoms with van der Waals surface area (Å²) in [4.78, 5) is 208. The molecule has 2 heterocycles. The molecule has 40 heteroatoms. The second-order valence-corrected chi connectivity index (χ2v) is 29.4. The predicted octanol–water partition coefficient (Wildman–Crippen LogP) is -3.02. The summed E-state index contributed by atoms with van der Waals surface area (Å²) in [6.07, 6.45) is 4.19. The van der Waals surface area contributed by atoms with Crippen LogP contribution in [0.3, 0.4) is 0 Å². The van der Waals surface area contributed by atoms with Gasteiger partial charge in [-0.05, 0) is 97.9 Å². The summed E-state index contributed by atoms with van der Waals surface area (Å²) < 4.78 is 0. The highest BCUT2D eigenvalue weighted by Crippen LogP contribution is 2.21. The fourth-order valence-electron chi connectivity index (χ4n) is 12.8. The maximum absolute atomic E-state index is 15.2. The number of primary amides is 1. The molecule has 6 aromatic rings. The number of benzene rings is 4. The summed E-state index contributed by atoms with van der Waals surface area (Å²) in [6.45, 7) is 4.15. The van der Waals surface area contributed by atoms with Crippen LogP contribution in [0.2, 0.25) is 0 Å². The minimum atomic E-state index is -2.00. The Morgan fingerprint density at radius 3 is 1.40 bits per heavy atom. The van der Waals surface area contributed by atoms with Crippen LogP contribution in [-0.2, 0) is 99.2 Å². The number of fused-ring (bicyclic) bond motifs is 1. The van der Waals surface area contributed by atoms with Crippen LogP contribution in [0.25, 0.3) is 10.9 Å². The first-order valence-corrected chi connectivity index (χ1v) is 39.9. The number of phenols is 1. The number of imidazole rings is 1. The summed E-state index contributed by atoms with van der Waals surface area (Å²) >= 11 is 0. The van der Waals surface area contributed by atoms with Gasteiger partial charge in [0.1, 0.15) is 66.2 Å². The van der Waals surface area contributed by atoms with Crippen LogP contribution in [0.4, 0.5) is 0 Å². The molecule has 2 aromatic heterocycles. The van der Waals surface area contributed by atoms with Gasteiger partial charge in [0.25, 0.3) is 0 Å². The number of hydrogen-bond donors (Lipinski definition) is 25. The molecule has 13 amide bonds. The molecule has 0 unspecified atom stereocenters. The third-order valence-electron chi connectivity index (χ3n) is 19.3. The lowest BCUT2D eigenvalue weighted by Crippen LogP contribution is -2.61. The number of carbonyl (C=O) groups is 14. The smallest absolute Gasteiger partial charge is 0.305 e. The first-order valence-electron chi connectivity index (χ1n) is 39.9. The largest absolute Gasteiger partial charge is 0.508 e. The molecule has 4 aromatic carbocycles. The Hall–Kier alpha value is -13.5. The van der Waals surface area contributed by atoms with E-state index in [9.17, 15) is 63.0 Å². The number of hydrogen-bond acceptors (Lipinski definition) is 20. The number of phenolic OH excluding ortho intramolecular Hbond substituents is 1. The molecule has 0 saturated heterocycles. The zero-order chi connectivity index (χ0) is 88.5. The Labute approximate surface area is 699 Å². The zero-order valence-electron chi connectivity index (χ0n) is 67.8. The molecule has 654 valence electrons. The first-order chi connectivity index (χ1) is 57.8. The minimum Gasteiger partial charge on any atom is -0.508 e. The number of aliphatic carboxylic acids is 1. The Morgan fingerprint density at radius 1 is 0.446 bits per heavy atom. The van der Waals surface area contributed by atoms with Gasteiger partial charge in [-0.1, -0.05) is 131 Å². The van der Waals surface area contributed by atoms with Crippen molar-refractivity contribution in [1.29, 1.82) is 10.8 Å². The number of carboxylic acids is 1. The monoisotopic (exact) mass is 1680 g/mol. The average molecular weight is 1680 g/mol. The molecular formula is C81H114N24O16. The number of nitrogens with two attached hydrogens (primary N) is 5. The number of unbranched alkanes of at least 4 members (excludes halogenated alkanes) is 2. The third-order valence-corrected chi connectivity index (χ3v) is 19.3. The number of guanidine groups is 2. The number of aromatic amines is 2. The average Bonchev–Trinajstić information content (AvgIpc) is 1.68. The number of H-pyrrole nitrogens is 2.